The van der Waals surface area contributed by atoms with Crippen LogP contribution >= 0.6 is 22.9 Å². The average molecular weight is 526 g/mol. The van der Waals surface area contributed by atoms with Gasteiger partial charge in [0.1, 0.15) is 0 Å². The molecular weight excluding hydrogens is 499 g/mol. The molecule has 0 atom stereocenters. The number of rotatable bonds is 7. The van der Waals surface area contributed by atoms with E-state index in [0.717, 1.165) is 61.2 Å². The lowest BCUT2D eigenvalue weighted by Gasteiger charge is -2.32. The second kappa shape index (κ2) is 10.7. The van der Waals surface area contributed by atoms with Crippen molar-refractivity contribution in [3.05, 3.63) is 72.2 Å². The maximum absolute atomic E-state index is 5.88. The molecule has 7 heteroatoms. The highest BCUT2D eigenvalue weighted by Crippen LogP contribution is 2.23. The monoisotopic (exact) mass is 526 g/mol. The molecule has 2 aromatic carbocycles. The highest BCUT2D eigenvalue weighted by molar-refractivity contribution is 14.1. The molecule has 6 nitrogen and oxygen atoms in total. The lowest BCUT2D eigenvalue weighted by atomic mass is 10.0. The molecule has 0 aliphatic carbocycles. The van der Waals surface area contributed by atoms with E-state index >= 15 is 0 Å². The first kappa shape index (κ1) is 21.7. The Morgan fingerprint density at radius 1 is 1.16 bits per heavy atom. The first-order chi connectivity index (χ1) is 15.3. The molecule has 0 bridgehead atoms. The molecule has 1 aliphatic rings. The summed E-state index contributed by atoms with van der Waals surface area (Å²) in [6.45, 7) is 3.00. The van der Waals surface area contributed by atoms with Crippen molar-refractivity contribution in [1.82, 2.24) is 13.5 Å². The van der Waals surface area contributed by atoms with E-state index in [2.05, 4.69) is 65.5 Å². The zero-order valence-electron chi connectivity index (χ0n) is 17.4. The fourth-order valence-electron chi connectivity index (χ4n) is 3.85. The molecule has 160 valence electrons. The number of aromatic nitrogens is 2. The van der Waals surface area contributed by atoms with Gasteiger partial charge in [-0.05, 0) is 49.1 Å². The summed E-state index contributed by atoms with van der Waals surface area (Å²) in [6.07, 6.45) is 8.28. The Morgan fingerprint density at radius 2 is 1.97 bits per heavy atom. The Bertz CT molecular complexity index is 1070. The Morgan fingerprint density at radius 3 is 2.74 bits per heavy atom. The van der Waals surface area contributed by atoms with E-state index in [-0.39, 0.29) is 0 Å². The molecule has 4 rings (SSSR count). The van der Waals surface area contributed by atoms with Crippen LogP contribution in [0.15, 0.2) is 65.9 Å². The van der Waals surface area contributed by atoms with Crippen LogP contribution < -0.4 is 14.2 Å². The van der Waals surface area contributed by atoms with Crippen LogP contribution in [0.25, 0.3) is 16.6 Å². The molecule has 3 N–H and O–H groups in total. The standard InChI is InChI=1S/C24H27IN6/c25-29-11-8-18-4-3-5-21(14-18)31-12-9-20(10-13-31)27-16-19(15-26)24-17-28-22-6-1-2-7-23(22)30-24/h1-7,14-17,20,29H,8-13,26H2. The van der Waals surface area contributed by atoms with Crippen LogP contribution in [-0.4, -0.2) is 41.9 Å². The van der Waals surface area contributed by atoms with Gasteiger partial charge in [-0.3, -0.25) is 13.5 Å². The van der Waals surface area contributed by atoms with Crippen molar-refractivity contribution < 1.29 is 0 Å². The minimum absolute atomic E-state index is 0.297. The largest absolute Gasteiger partial charge is 0.404 e. The highest BCUT2D eigenvalue weighted by Gasteiger charge is 2.19. The highest BCUT2D eigenvalue weighted by atomic mass is 127. The molecule has 0 amide bonds. The lowest BCUT2D eigenvalue weighted by molar-refractivity contribution is 0.505. The van der Waals surface area contributed by atoms with E-state index in [1.165, 1.54) is 11.3 Å². The van der Waals surface area contributed by atoms with Crippen molar-refractivity contribution in [2.24, 2.45) is 10.7 Å². The summed E-state index contributed by atoms with van der Waals surface area (Å²) < 4.78 is 3.19. The number of nitrogens with zero attached hydrogens (tertiary/aromatic N) is 4. The topological polar surface area (TPSA) is 79.4 Å². The number of fused-ring (bicyclic) bond motifs is 1. The van der Waals surface area contributed by atoms with Gasteiger partial charge in [0.2, 0.25) is 0 Å². The van der Waals surface area contributed by atoms with Crippen LogP contribution in [0.5, 0.6) is 0 Å². The van der Waals surface area contributed by atoms with Gasteiger partial charge in [-0.25, -0.2) is 4.98 Å². The normalized spacial score (nSPS) is 15.8. The van der Waals surface area contributed by atoms with Gasteiger partial charge in [0.05, 0.1) is 29.0 Å². The Balaban J connectivity index is 1.37. The molecule has 31 heavy (non-hydrogen) atoms. The number of hydrogen-bond donors (Lipinski definition) is 2. The summed E-state index contributed by atoms with van der Waals surface area (Å²) in [4.78, 5) is 16.4. The van der Waals surface area contributed by atoms with E-state index in [0.29, 0.717) is 6.04 Å². The van der Waals surface area contributed by atoms with Crippen LogP contribution in [-0.2, 0) is 6.42 Å². The SMILES string of the molecule is NC=C(C=NC1CCN(c2cccc(CCNI)c2)CC1)c1cnc2ccccc2n1. The molecule has 0 unspecified atom stereocenters. The average Bonchev–Trinajstić information content (AvgIpc) is 2.83. The number of para-hydroxylation sites is 2. The number of anilines is 1. The van der Waals surface area contributed by atoms with Crippen LogP contribution in [0.2, 0.25) is 0 Å². The smallest absolute Gasteiger partial charge is 0.0922 e. The van der Waals surface area contributed by atoms with E-state index in [1.54, 1.807) is 12.4 Å². The van der Waals surface area contributed by atoms with Gasteiger partial charge in [-0.1, -0.05) is 24.3 Å². The third-order valence-corrected chi connectivity index (χ3v) is 6.14. The number of nitrogens with one attached hydrogen (secondary N) is 1. The summed E-state index contributed by atoms with van der Waals surface area (Å²) in [5.74, 6) is 0. The van der Waals surface area contributed by atoms with Crippen molar-refractivity contribution in [2.45, 2.75) is 25.3 Å². The quantitative estimate of drug-likeness (QED) is 0.275. The first-order valence-corrected chi connectivity index (χ1v) is 11.7. The number of nitrogens with two attached hydrogens (primary N) is 1. The molecule has 0 spiro atoms. The molecule has 1 aliphatic heterocycles. The minimum Gasteiger partial charge on any atom is -0.404 e. The maximum Gasteiger partial charge on any atom is 0.0922 e. The number of piperidine rings is 1. The zero-order valence-corrected chi connectivity index (χ0v) is 19.6. The Labute approximate surface area is 197 Å². The van der Waals surface area contributed by atoms with Crippen molar-refractivity contribution in [2.75, 3.05) is 24.5 Å². The van der Waals surface area contributed by atoms with Gasteiger partial charge in [-0.2, -0.15) is 0 Å². The van der Waals surface area contributed by atoms with Crippen LogP contribution in [0.4, 0.5) is 5.69 Å². The fourth-order valence-corrected chi connectivity index (χ4v) is 4.12. The van der Waals surface area contributed by atoms with E-state index < -0.39 is 0 Å². The van der Waals surface area contributed by atoms with Gasteiger partial charge in [-0.15, -0.1) is 0 Å². The van der Waals surface area contributed by atoms with E-state index in [1.807, 2.05) is 30.5 Å². The number of aliphatic imine (C=N–C) groups is 1. The van der Waals surface area contributed by atoms with E-state index in [4.69, 9.17) is 10.7 Å². The number of hydrogen-bond acceptors (Lipinski definition) is 6. The van der Waals surface area contributed by atoms with Crippen LogP contribution in [0, 0.1) is 0 Å². The lowest BCUT2D eigenvalue weighted by Crippen LogP contribution is -2.35. The summed E-state index contributed by atoms with van der Waals surface area (Å²) in [5, 5.41) is 0. The summed E-state index contributed by atoms with van der Waals surface area (Å²) >= 11 is 2.20. The first-order valence-electron chi connectivity index (χ1n) is 10.6. The van der Waals surface area contributed by atoms with Crippen LogP contribution in [0.1, 0.15) is 24.1 Å². The second-order valence-corrected chi connectivity index (χ2v) is 8.43. The van der Waals surface area contributed by atoms with Crippen LogP contribution in [0.3, 0.4) is 0 Å². The summed E-state index contributed by atoms with van der Waals surface area (Å²) in [6, 6.07) is 17.0. The number of allylic oxidation sites excluding steroid dienone is 1. The Kier molecular flexibility index (Phi) is 7.48. The van der Waals surface area contributed by atoms with Crippen molar-refractivity contribution in [3.63, 3.8) is 0 Å². The number of benzene rings is 2. The van der Waals surface area contributed by atoms with E-state index in [9.17, 15) is 0 Å². The molecule has 3 aromatic rings. The summed E-state index contributed by atoms with van der Waals surface area (Å²) in [7, 11) is 0. The van der Waals surface area contributed by atoms with Gasteiger partial charge >= 0.3 is 0 Å². The predicted octanol–water partition coefficient (Wildman–Crippen LogP) is 4.15. The second-order valence-electron chi connectivity index (χ2n) is 7.67. The number of halogens is 1. The molecule has 0 saturated carbocycles. The summed E-state index contributed by atoms with van der Waals surface area (Å²) in [5.41, 5.74) is 11.8. The van der Waals surface area contributed by atoms with Gasteiger partial charge in [0, 0.05) is 66.2 Å². The predicted molar refractivity (Wildman–Crippen MR) is 138 cm³/mol. The maximum atomic E-state index is 5.88. The third-order valence-electron chi connectivity index (χ3n) is 5.60. The third kappa shape index (κ3) is 5.59. The van der Waals surface area contributed by atoms with Gasteiger partial charge < -0.3 is 10.6 Å². The fraction of sp³-hybridized carbons (Fsp3) is 0.292. The molecule has 1 fully saturated rings. The zero-order chi connectivity index (χ0) is 21.5. The Hall–Kier alpha value is -2.52. The molecular formula is C24H27IN6. The molecule has 1 aromatic heterocycles. The van der Waals surface area contributed by atoms with Crippen molar-refractivity contribution >= 4 is 51.4 Å². The molecule has 1 saturated heterocycles. The molecule has 2 heterocycles. The molecule has 0 radical (unpaired) electrons. The van der Waals surface area contributed by atoms with Crippen molar-refractivity contribution in [3.8, 4) is 0 Å². The minimum atomic E-state index is 0.297. The van der Waals surface area contributed by atoms with Gasteiger partial charge in [0.25, 0.3) is 0 Å². The van der Waals surface area contributed by atoms with Gasteiger partial charge in [0.15, 0.2) is 0 Å². The van der Waals surface area contributed by atoms with Crippen molar-refractivity contribution in [1.29, 1.82) is 0 Å².